The Morgan fingerprint density at radius 2 is 1.59 bits per heavy atom. The second kappa shape index (κ2) is 7.71. The molecule has 0 heterocycles. The second-order valence-corrected chi connectivity index (χ2v) is 5.73. The molecule has 0 amide bonds. The molecule has 0 aliphatic carbocycles. The highest BCUT2D eigenvalue weighted by Gasteiger charge is 2.30. The molecule has 0 aliphatic rings. The summed E-state index contributed by atoms with van der Waals surface area (Å²) in [6.07, 6.45) is 13.9. The van der Waals surface area contributed by atoms with Crippen LogP contribution in [0.25, 0.3) is 0 Å². The van der Waals surface area contributed by atoms with Crippen LogP contribution in [0.1, 0.15) is 60.3 Å². The van der Waals surface area contributed by atoms with Crippen molar-refractivity contribution in [2.75, 3.05) is 7.05 Å². The third-order valence-corrected chi connectivity index (χ3v) is 3.37. The molecule has 1 nitrogen and oxygen atoms in total. The number of unbranched alkanes of at least 4 members (excludes halogenated alkanes) is 1. The van der Waals surface area contributed by atoms with Crippen LogP contribution in [0.2, 0.25) is 0 Å². The largest absolute Gasteiger partial charge is 0.308 e. The summed E-state index contributed by atoms with van der Waals surface area (Å²) in [5, 5.41) is 3.48. The van der Waals surface area contributed by atoms with E-state index in [-0.39, 0.29) is 5.54 Å². The number of rotatable bonds is 8. The van der Waals surface area contributed by atoms with Gasteiger partial charge in [0, 0.05) is 0 Å². The molecule has 1 N–H and O–H groups in total. The minimum absolute atomic E-state index is 0.0146. The molecule has 0 saturated heterocycles. The van der Waals surface area contributed by atoms with Gasteiger partial charge in [-0.05, 0) is 39.2 Å². The minimum atomic E-state index is 0.0146. The van der Waals surface area contributed by atoms with Crippen molar-refractivity contribution in [3.05, 3.63) is 24.3 Å². The Hall–Kier alpha value is -0.560. The number of hydrogen-bond donors (Lipinski definition) is 1. The fourth-order valence-corrected chi connectivity index (χ4v) is 2.56. The topological polar surface area (TPSA) is 12.0 Å². The molecule has 100 valence electrons. The van der Waals surface area contributed by atoms with E-state index in [2.05, 4.69) is 71.3 Å². The highest BCUT2D eigenvalue weighted by molar-refractivity contribution is 5.18. The van der Waals surface area contributed by atoms with Crippen molar-refractivity contribution in [3.8, 4) is 0 Å². The average Bonchev–Trinajstić information content (AvgIpc) is 2.26. The van der Waals surface area contributed by atoms with Gasteiger partial charge in [-0.25, -0.2) is 0 Å². The highest BCUT2D eigenvalue weighted by Crippen LogP contribution is 2.34. The zero-order valence-electron chi connectivity index (χ0n) is 12.6. The van der Waals surface area contributed by atoms with E-state index in [1.165, 1.54) is 19.3 Å². The molecule has 17 heavy (non-hydrogen) atoms. The Bertz CT molecular complexity index is 236. The van der Waals surface area contributed by atoms with Crippen LogP contribution in [0.5, 0.6) is 0 Å². The number of nitrogens with one attached hydrogen (secondary N) is 1. The van der Waals surface area contributed by atoms with Crippen LogP contribution in [0.3, 0.4) is 0 Å². The molecule has 0 radical (unpaired) electrons. The van der Waals surface area contributed by atoms with Crippen molar-refractivity contribution < 1.29 is 0 Å². The first-order valence-electron chi connectivity index (χ1n) is 6.92. The molecule has 0 unspecified atom stereocenters. The van der Waals surface area contributed by atoms with Gasteiger partial charge in [-0.15, -0.1) is 0 Å². The Labute approximate surface area is 108 Å². The van der Waals surface area contributed by atoms with Crippen molar-refractivity contribution in [2.24, 2.45) is 5.41 Å². The van der Waals surface area contributed by atoms with E-state index in [0.29, 0.717) is 5.41 Å². The van der Waals surface area contributed by atoms with E-state index >= 15 is 0 Å². The summed E-state index contributed by atoms with van der Waals surface area (Å²) < 4.78 is 0. The summed E-state index contributed by atoms with van der Waals surface area (Å²) in [6.45, 7) is 11.2. The number of hydrogen-bond acceptors (Lipinski definition) is 1. The number of allylic oxidation sites excluding steroid dienone is 2. The van der Waals surface area contributed by atoms with Crippen molar-refractivity contribution in [3.63, 3.8) is 0 Å². The third kappa shape index (κ3) is 6.07. The lowest BCUT2D eigenvalue weighted by atomic mass is 9.75. The molecular formula is C16H31N. The molecule has 0 aliphatic heterocycles. The molecule has 0 spiro atoms. The molecule has 0 rings (SSSR count). The van der Waals surface area contributed by atoms with Crippen LogP contribution in [-0.4, -0.2) is 12.6 Å². The first-order valence-corrected chi connectivity index (χ1v) is 6.92. The predicted octanol–water partition coefficient (Wildman–Crippen LogP) is 4.70. The SMILES string of the molecule is CC=CC(C=CC)(CC(C)(C)CCCC)NC. The van der Waals surface area contributed by atoms with Crippen molar-refractivity contribution in [2.45, 2.75) is 65.8 Å². The smallest absolute Gasteiger partial charge is 0.0552 e. The maximum absolute atomic E-state index is 3.48. The van der Waals surface area contributed by atoms with Crippen LogP contribution < -0.4 is 5.32 Å². The lowest BCUT2D eigenvalue weighted by molar-refractivity contribution is 0.246. The van der Waals surface area contributed by atoms with E-state index in [1.807, 2.05) is 0 Å². The van der Waals surface area contributed by atoms with Crippen LogP contribution in [0.15, 0.2) is 24.3 Å². The van der Waals surface area contributed by atoms with E-state index in [0.717, 1.165) is 6.42 Å². The van der Waals surface area contributed by atoms with Gasteiger partial charge in [-0.1, -0.05) is 57.9 Å². The van der Waals surface area contributed by atoms with Gasteiger partial charge in [0.15, 0.2) is 0 Å². The van der Waals surface area contributed by atoms with Gasteiger partial charge >= 0.3 is 0 Å². The zero-order valence-corrected chi connectivity index (χ0v) is 12.6. The van der Waals surface area contributed by atoms with Crippen molar-refractivity contribution in [1.29, 1.82) is 0 Å². The second-order valence-electron chi connectivity index (χ2n) is 5.73. The van der Waals surface area contributed by atoms with Crippen molar-refractivity contribution in [1.82, 2.24) is 5.32 Å². The Morgan fingerprint density at radius 3 is 1.94 bits per heavy atom. The third-order valence-electron chi connectivity index (χ3n) is 3.37. The monoisotopic (exact) mass is 237 g/mol. The molecule has 1 heteroatoms. The summed E-state index contributed by atoms with van der Waals surface area (Å²) in [7, 11) is 2.05. The van der Waals surface area contributed by atoms with Gasteiger partial charge in [0.05, 0.1) is 5.54 Å². The van der Waals surface area contributed by atoms with Gasteiger partial charge in [0.25, 0.3) is 0 Å². The molecule has 0 aromatic heterocycles. The molecule has 0 fully saturated rings. The van der Waals surface area contributed by atoms with E-state index < -0.39 is 0 Å². The molecule has 0 atom stereocenters. The molecule has 0 aromatic rings. The van der Waals surface area contributed by atoms with Crippen LogP contribution in [-0.2, 0) is 0 Å². The van der Waals surface area contributed by atoms with Gasteiger partial charge < -0.3 is 5.32 Å². The van der Waals surface area contributed by atoms with Crippen LogP contribution >= 0.6 is 0 Å². The predicted molar refractivity (Wildman–Crippen MR) is 79.3 cm³/mol. The highest BCUT2D eigenvalue weighted by atomic mass is 14.9. The molecule has 0 bridgehead atoms. The molecular weight excluding hydrogens is 206 g/mol. The van der Waals surface area contributed by atoms with Gasteiger partial charge in [-0.3, -0.25) is 0 Å². The Morgan fingerprint density at radius 1 is 1.06 bits per heavy atom. The summed E-state index contributed by atoms with van der Waals surface area (Å²) in [4.78, 5) is 0. The fraction of sp³-hybridized carbons (Fsp3) is 0.750. The van der Waals surface area contributed by atoms with E-state index in [9.17, 15) is 0 Å². The summed E-state index contributed by atoms with van der Waals surface area (Å²) >= 11 is 0. The maximum Gasteiger partial charge on any atom is 0.0552 e. The first kappa shape index (κ1) is 16.4. The van der Waals surface area contributed by atoms with Crippen LogP contribution in [0, 0.1) is 5.41 Å². The van der Waals surface area contributed by atoms with Crippen LogP contribution in [0.4, 0.5) is 0 Å². The minimum Gasteiger partial charge on any atom is -0.308 e. The molecule has 0 aromatic carbocycles. The first-order chi connectivity index (χ1) is 7.95. The average molecular weight is 237 g/mol. The lowest BCUT2D eigenvalue weighted by Gasteiger charge is -2.36. The quantitative estimate of drug-likeness (QED) is 0.603. The summed E-state index contributed by atoms with van der Waals surface area (Å²) in [5.74, 6) is 0. The van der Waals surface area contributed by atoms with E-state index in [1.54, 1.807) is 0 Å². The van der Waals surface area contributed by atoms with Gasteiger partial charge in [-0.2, -0.15) is 0 Å². The van der Waals surface area contributed by atoms with E-state index in [4.69, 9.17) is 0 Å². The van der Waals surface area contributed by atoms with Gasteiger partial charge in [0.1, 0.15) is 0 Å². The maximum atomic E-state index is 3.48. The summed E-state index contributed by atoms with van der Waals surface area (Å²) in [5.41, 5.74) is 0.388. The molecule has 0 saturated carbocycles. The lowest BCUT2D eigenvalue weighted by Crippen LogP contribution is -2.43. The number of likely N-dealkylation sites (N-methyl/N-ethyl adjacent to an activating group) is 1. The summed E-state index contributed by atoms with van der Waals surface area (Å²) in [6, 6.07) is 0. The van der Waals surface area contributed by atoms with Crippen molar-refractivity contribution >= 4 is 0 Å². The standard InChI is InChI=1S/C16H31N/c1-7-10-13-15(4,5)14-16(17-6,11-8-2)12-9-3/h8-9,11-12,17H,7,10,13-14H2,1-6H3. The van der Waals surface area contributed by atoms with Gasteiger partial charge in [0.2, 0.25) is 0 Å². The Balaban J connectivity index is 4.83. The normalized spacial score (nSPS) is 16.8. The fourth-order valence-electron chi connectivity index (χ4n) is 2.56. The zero-order chi connectivity index (χ0) is 13.4. The Kier molecular flexibility index (Phi) is 7.45.